The summed E-state index contributed by atoms with van der Waals surface area (Å²) >= 11 is 0. The molecular formula is C73H64N3O+3. The fourth-order valence-corrected chi connectivity index (χ4v) is 11.7. The molecule has 12 aromatic rings. The number of para-hydroxylation sites is 1. The molecule has 0 atom stereocenters. The van der Waals surface area contributed by atoms with Crippen molar-refractivity contribution in [3.63, 3.8) is 0 Å². The first kappa shape index (κ1) is 48.9. The molecule has 0 saturated heterocycles. The summed E-state index contributed by atoms with van der Waals surface area (Å²) in [5, 5.41) is 2.25. The molecule has 0 aliphatic carbocycles. The zero-order valence-electron chi connectivity index (χ0n) is 45.0. The first-order valence-corrected chi connectivity index (χ1v) is 27.1. The maximum absolute atomic E-state index is 6.74. The van der Waals surface area contributed by atoms with Crippen LogP contribution in [0, 0.1) is 20.8 Å². The molecule has 0 spiro atoms. The molecule has 0 fully saturated rings. The summed E-state index contributed by atoms with van der Waals surface area (Å²) in [6.07, 6.45) is 10.2. The Hall–Kier alpha value is -8.99. The van der Waals surface area contributed by atoms with Gasteiger partial charge in [-0.25, -0.2) is 9.13 Å². The lowest BCUT2D eigenvalue weighted by Gasteiger charge is -2.19. The molecule has 4 aromatic heterocycles. The van der Waals surface area contributed by atoms with Crippen molar-refractivity contribution >= 4 is 21.9 Å². The number of hydrogen-bond acceptors (Lipinski definition) is 1. The van der Waals surface area contributed by atoms with E-state index < -0.39 is 0 Å². The Kier molecular flexibility index (Phi) is 13.3. The van der Waals surface area contributed by atoms with Gasteiger partial charge in [-0.3, -0.25) is 0 Å². The summed E-state index contributed by atoms with van der Waals surface area (Å²) in [6, 6.07) is 78.5. The second-order valence-corrected chi connectivity index (χ2v) is 21.0. The van der Waals surface area contributed by atoms with Gasteiger partial charge < -0.3 is 4.42 Å². The molecule has 0 bridgehead atoms. The predicted octanol–water partition coefficient (Wildman–Crippen LogP) is 16.2. The van der Waals surface area contributed by atoms with Crippen LogP contribution in [0.2, 0.25) is 0 Å². The van der Waals surface area contributed by atoms with E-state index in [1.54, 1.807) is 0 Å². The third-order valence-corrected chi connectivity index (χ3v) is 15.8. The molecule has 0 aliphatic rings. The van der Waals surface area contributed by atoms with Gasteiger partial charge >= 0.3 is 0 Å². The minimum Gasteiger partial charge on any atom is -0.449 e. The Balaban J connectivity index is 0.966. The fourth-order valence-electron chi connectivity index (χ4n) is 11.7. The van der Waals surface area contributed by atoms with E-state index in [1.165, 1.54) is 100 Å². The summed E-state index contributed by atoms with van der Waals surface area (Å²) in [5.74, 6) is 0. The molecule has 4 heteroatoms. The number of fused-ring (bicyclic) bond motifs is 3. The van der Waals surface area contributed by atoms with Gasteiger partial charge in [-0.2, -0.15) is 4.57 Å². The maximum Gasteiger partial charge on any atom is 0.256 e. The molecule has 4 nitrogen and oxygen atoms in total. The summed E-state index contributed by atoms with van der Waals surface area (Å²) in [6.45, 7) is 6.75. The lowest BCUT2D eigenvalue weighted by Crippen LogP contribution is -2.30. The van der Waals surface area contributed by atoms with Crippen molar-refractivity contribution in [3.8, 4) is 78.3 Å². The molecule has 0 saturated carbocycles. The van der Waals surface area contributed by atoms with E-state index in [2.05, 4.69) is 287 Å². The predicted molar refractivity (Wildman–Crippen MR) is 317 cm³/mol. The van der Waals surface area contributed by atoms with Crippen molar-refractivity contribution in [2.75, 3.05) is 0 Å². The van der Waals surface area contributed by atoms with Gasteiger partial charge in [0, 0.05) is 52.2 Å². The summed E-state index contributed by atoms with van der Waals surface area (Å²) in [5.41, 5.74) is 27.8. The van der Waals surface area contributed by atoms with Crippen LogP contribution in [0.25, 0.3) is 100 Å². The van der Waals surface area contributed by atoms with Crippen LogP contribution in [0.3, 0.4) is 0 Å². The number of pyridine rings is 3. The molecule has 8 aromatic carbocycles. The highest BCUT2D eigenvalue weighted by Crippen LogP contribution is 2.44. The first-order chi connectivity index (χ1) is 37.6. The Bertz CT molecular complexity index is 4050. The Labute approximate surface area is 453 Å². The highest BCUT2D eigenvalue weighted by Gasteiger charge is 2.25. The molecule has 0 amide bonds. The number of furan rings is 1. The highest BCUT2D eigenvalue weighted by molar-refractivity contribution is 6.08. The monoisotopic (exact) mass is 999 g/mol. The van der Waals surface area contributed by atoms with Gasteiger partial charge in [-0.05, 0) is 172 Å². The molecule has 374 valence electrons. The van der Waals surface area contributed by atoms with E-state index in [9.17, 15) is 0 Å². The quantitative estimate of drug-likeness (QED) is 0.106. The van der Waals surface area contributed by atoms with Gasteiger partial charge in [0.05, 0.1) is 5.56 Å². The zero-order chi connectivity index (χ0) is 52.6. The average Bonchev–Trinajstić information content (AvgIpc) is 3.89. The molecule has 12 rings (SSSR count). The summed E-state index contributed by atoms with van der Waals surface area (Å²) in [7, 11) is 6.37. The van der Waals surface area contributed by atoms with Crippen LogP contribution < -0.4 is 13.7 Å². The summed E-state index contributed by atoms with van der Waals surface area (Å²) in [4.78, 5) is 0. The molecule has 0 unspecified atom stereocenters. The van der Waals surface area contributed by atoms with E-state index in [1.807, 2.05) is 0 Å². The second kappa shape index (κ2) is 21.0. The van der Waals surface area contributed by atoms with Crippen molar-refractivity contribution in [3.05, 3.63) is 270 Å². The fraction of sp³-hybridized carbons (Fsp3) is 0.137. The van der Waals surface area contributed by atoms with E-state index in [4.69, 9.17) is 4.42 Å². The van der Waals surface area contributed by atoms with Gasteiger partial charge in [0.15, 0.2) is 18.6 Å². The van der Waals surface area contributed by atoms with Crippen molar-refractivity contribution < 1.29 is 18.1 Å². The van der Waals surface area contributed by atoms with Crippen LogP contribution in [-0.2, 0) is 46.8 Å². The highest BCUT2D eigenvalue weighted by atomic mass is 16.3. The SMILES string of the molecule is Cc1cc(CCc2cc(CCc3ccc(-c4cccc[n+]4C)c(C)c3)cc(-c3ccccc3-c3cc(C)c(-c4c5oc6ccccc6c5cc[n+]4C)cc3-c3ccc(-c4ccccc4)cc3)c2)ccc1-c1cccc[n+]1C. The zero-order valence-corrected chi connectivity index (χ0v) is 45.0. The minimum absolute atomic E-state index is 0.896. The normalized spacial score (nSPS) is 11.5. The number of hydrogen-bond donors (Lipinski definition) is 0. The van der Waals surface area contributed by atoms with Crippen LogP contribution in [0.15, 0.2) is 235 Å². The first-order valence-electron chi connectivity index (χ1n) is 27.1. The van der Waals surface area contributed by atoms with Crippen LogP contribution in [0.4, 0.5) is 0 Å². The third-order valence-electron chi connectivity index (χ3n) is 15.8. The molecule has 77 heavy (non-hydrogen) atoms. The number of benzene rings is 8. The number of aryl methyl sites for hydroxylation is 10. The number of rotatable bonds is 13. The lowest BCUT2D eigenvalue weighted by atomic mass is 9.85. The van der Waals surface area contributed by atoms with Gasteiger partial charge in [-0.1, -0.05) is 140 Å². The van der Waals surface area contributed by atoms with Crippen molar-refractivity contribution in [2.24, 2.45) is 21.1 Å². The Morgan fingerprint density at radius 3 is 1.47 bits per heavy atom. The number of nitrogens with zero attached hydrogens (tertiary/aromatic N) is 3. The van der Waals surface area contributed by atoms with Crippen LogP contribution >= 0.6 is 0 Å². The lowest BCUT2D eigenvalue weighted by molar-refractivity contribution is -0.660. The third kappa shape index (κ3) is 9.80. The van der Waals surface area contributed by atoms with Crippen LogP contribution in [-0.4, -0.2) is 0 Å². The van der Waals surface area contributed by atoms with E-state index in [-0.39, 0.29) is 0 Å². The van der Waals surface area contributed by atoms with Gasteiger partial charge in [0.2, 0.25) is 17.0 Å². The minimum atomic E-state index is 0.896. The van der Waals surface area contributed by atoms with E-state index in [0.717, 1.165) is 64.4 Å². The molecule has 4 heterocycles. The van der Waals surface area contributed by atoms with Crippen LogP contribution in [0.1, 0.15) is 38.9 Å². The molecular weight excluding hydrogens is 935 g/mol. The van der Waals surface area contributed by atoms with E-state index >= 15 is 0 Å². The van der Waals surface area contributed by atoms with Gasteiger partial charge in [0.1, 0.15) is 26.7 Å². The molecule has 0 N–H and O–H groups in total. The second-order valence-electron chi connectivity index (χ2n) is 21.0. The topological polar surface area (TPSA) is 24.8 Å². The Morgan fingerprint density at radius 1 is 0.312 bits per heavy atom. The maximum atomic E-state index is 6.74. The molecule has 0 aliphatic heterocycles. The van der Waals surface area contributed by atoms with Crippen molar-refractivity contribution in [1.29, 1.82) is 0 Å². The Morgan fingerprint density at radius 2 is 0.844 bits per heavy atom. The van der Waals surface area contributed by atoms with Crippen molar-refractivity contribution in [1.82, 2.24) is 0 Å². The van der Waals surface area contributed by atoms with Crippen molar-refractivity contribution in [2.45, 2.75) is 46.5 Å². The smallest absolute Gasteiger partial charge is 0.256 e. The average molecular weight is 999 g/mol. The van der Waals surface area contributed by atoms with E-state index in [0.29, 0.717) is 0 Å². The van der Waals surface area contributed by atoms with Gasteiger partial charge in [0.25, 0.3) is 5.69 Å². The summed E-state index contributed by atoms with van der Waals surface area (Å²) < 4.78 is 13.4. The standard InChI is InChI=1S/C73H64N3O/c1-49-42-52(30-36-60(49)69-23-14-16-39-74(69)4)26-28-54-45-55(29-27-53-31-37-61(50(2)43-53)70-24-15-17-40-75(70)5)47-59(46-54)62-20-10-11-21-63(62)68-44-51(3)66(48-67(68)58-34-32-57(33-35-58)56-18-8-7-9-19-56)72-73-65(38-41-76(72)6)64-22-12-13-25-71(64)77-73/h7-25,30-48H,26-29H2,1-6H3/q+3. The largest absolute Gasteiger partial charge is 0.449 e. The number of aromatic nitrogens is 3. The van der Waals surface area contributed by atoms with Crippen LogP contribution in [0.5, 0.6) is 0 Å². The molecule has 0 radical (unpaired) electrons. The van der Waals surface area contributed by atoms with Gasteiger partial charge in [-0.15, -0.1) is 0 Å².